The second-order valence-electron chi connectivity index (χ2n) is 20.2. The Morgan fingerprint density at radius 1 is 0.543 bits per heavy atom. The van der Waals surface area contributed by atoms with Crippen molar-refractivity contribution in [3.05, 3.63) is 125 Å². The number of nitrogens with one attached hydrogen (secondary N) is 1. The molecule has 4 heterocycles. The number of carbonyl (C=O) groups is 3. The van der Waals surface area contributed by atoms with Gasteiger partial charge in [-0.05, 0) is 135 Å². The number of aliphatic hydroxyl groups is 1. The second kappa shape index (κ2) is 43.7. The summed E-state index contributed by atoms with van der Waals surface area (Å²) in [6.07, 6.45) is 12.9. The van der Waals surface area contributed by atoms with Gasteiger partial charge < -0.3 is 38.1 Å². The molecule has 15 nitrogen and oxygen atoms in total. The Morgan fingerprint density at radius 2 is 0.815 bits per heavy atom. The Kier molecular flexibility index (Phi) is 41.6. The molecule has 0 amide bonds. The van der Waals surface area contributed by atoms with E-state index in [9.17, 15) is 14.0 Å². The molecule has 0 unspecified atom stereocenters. The van der Waals surface area contributed by atoms with Crippen LogP contribution in [-0.2, 0) is 31.4 Å². The van der Waals surface area contributed by atoms with E-state index in [1.165, 1.54) is 164 Å². The molecule has 0 atom stereocenters. The van der Waals surface area contributed by atoms with Gasteiger partial charge in [-0.1, -0.05) is 24.3 Å². The van der Waals surface area contributed by atoms with E-state index >= 15 is 0 Å². The molecule has 4 aromatic carbocycles. The van der Waals surface area contributed by atoms with Crippen LogP contribution in [0.2, 0.25) is 0 Å². The van der Waals surface area contributed by atoms with Gasteiger partial charge in [0.1, 0.15) is 18.4 Å². The molecular weight excluding hydrogens is 1180 g/mol. The fraction of sp³-hybridized carbons (Fsp3) is 0.526. The fourth-order valence-electron chi connectivity index (χ4n) is 9.75. The molecular formula is C57H79BCl3FK2N8NaO7S. The van der Waals surface area contributed by atoms with Crippen LogP contribution >= 0.6 is 33.0 Å². The number of carbonyl (C=O) groups excluding carboxylic acids is 3. The molecule has 12 rings (SSSR count). The van der Waals surface area contributed by atoms with Crippen molar-refractivity contribution >= 4 is 86.7 Å². The molecule has 429 valence electrons. The van der Waals surface area contributed by atoms with E-state index in [0.29, 0.717) is 17.7 Å². The van der Waals surface area contributed by atoms with Gasteiger partial charge in [0.25, 0.3) is 6.47 Å². The van der Waals surface area contributed by atoms with E-state index in [1.54, 1.807) is 0 Å². The van der Waals surface area contributed by atoms with E-state index in [0.717, 1.165) is 80.8 Å². The van der Waals surface area contributed by atoms with Crippen LogP contribution < -0.4 is 158 Å². The van der Waals surface area contributed by atoms with Crippen LogP contribution in [0.15, 0.2) is 97.1 Å². The van der Waals surface area contributed by atoms with Crippen molar-refractivity contribution in [1.82, 2.24) is 24.9 Å². The zero-order chi connectivity index (χ0) is 54.8. The summed E-state index contributed by atoms with van der Waals surface area (Å²) in [4.78, 5) is 49.7. The Hall–Kier alpha value is 0.0977. The summed E-state index contributed by atoms with van der Waals surface area (Å²) in [6.45, 7) is 19.0. The Balaban J connectivity index is 0.000000981. The molecule has 8 fully saturated rings. The van der Waals surface area contributed by atoms with Crippen LogP contribution in [-0.4, -0.2) is 185 Å². The SMILES string of the molecule is C1CN(C2CC2)CCN1.ClCc1ccc(N2CCN(C3CC3)CC2)cc1.O=CO[O-].O=Cc1ccc(F)cc1.O=Cc1ccc(N2CCN(C3CC3)CC2)cc1.O=S(Cl)Cl.OCc1ccc(N2CCN(C3CC3)CC2)cc1.[B].[H-].[H-].[K+].[K+].[Na+]. The third-order valence-electron chi connectivity index (χ3n) is 14.7. The molecule has 81 heavy (non-hydrogen) atoms. The zero-order valence-corrected chi connectivity index (χ0v) is 59.0. The monoisotopic (exact) mass is 1260 g/mol. The minimum Gasteiger partial charge on any atom is -1.00 e. The maximum Gasteiger partial charge on any atom is 1.00 e. The van der Waals surface area contributed by atoms with Gasteiger partial charge in [-0.2, -0.15) is 0 Å². The summed E-state index contributed by atoms with van der Waals surface area (Å²) >= 11 is 5.81. The predicted octanol–water partition coefficient (Wildman–Crippen LogP) is -2.02. The number of aliphatic hydroxyl groups excluding tert-OH is 1. The molecule has 4 aromatic rings. The molecule has 0 bridgehead atoms. The van der Waals surface area contributed by atoms with Gasteiger partial charge in [0.2, 0.25) is 9.23 Å². The number of anilines is 3. The molecule has 2 N–H and O–H groups in total. The fourth-order valence-corrected chi connectivity index (χ4v) is 9.93. The largest absolute Gasteiger partial charge is 1.00 e. The van der Waals surface area contributed by atoms with Crippen LogP contribution in [0.4, 0.5) is 21.5 Å². The predicted molar refractivity (Wildman–Crippen MR) is 315 cm³/mol. The second-order valence-corrected chi connectivity index (χ2v) is 23.0. The third kappa shape index (κ3) is 30.2. The van der Waals surface area contributed by atoms with Crippen LogP contribution in [0.3, 0.4) is 0 Å². The minimum atomic E-state index is -1.67. The normalized spacial score (nSPS) is 18.8. The number of hydrogen-bond acceptors (Lipinski definition) is 15. The Morgan fingerprint density at radius 3 is 1.07 bits per heavy atom. The number of nitrogens with zero attached hydrogens (tertiary/aromatic N) is 7. The summed E-state index contributed by atoms with van der Waals surface area (Å²) in [6, 6.07) is 33.9. The molecule has 3 radical (unpaired) electrons. The van der Waals surface area contributed by atoms with Gasteiger partial charge in [0, 0.05) is 193 Å². The van der Waals surface area contributed by atoms with Crippen molar-refractivity contribution in [3.63, 3.8) is 0 Å². The minimum absolute atomic E-state index is 0. The Bertz CT molecular complexity index is 2270. The van der Waals surface area contributed by atoms with Crippen LogP contribution in [0.1, 0.15) is 86.1 Å². The van der Waals surface area contributed by atoms with E-state index in [1.807, 2.05) is 24.3 Å². The van der Waals surface area contributed by atoms with Crippen molar-refractivity contribution in [2.24, 2.45) is 0 Å². The van der Waals surface area contributed by atoms with Crippen molar-refractivity contribution in [1.29, 1.82) is 0 Å². The Labute approximate surface area is 609 Å². The average molecular weight is 1260 g/mol. The molecule has 24 heteroatoms. The summed E-state index contributed by atoms with van der Waals surface area (Å²) in [5.74, 6) is 0.288. The summed E-state index contributed by atoms with van der Waals surface area (Å²) in [5.41, 5.74) is 7.32. The standard InChI is InChI=1S/C14H19ClN2.C14H20N2O.C14H18N2O.C7H5FO.C7H14N2.CH2O3.B.Cl2OS.2K.Na.2H/c15-11-12-1-3-13(4-2-12)16-7-9-17(10-8-16)14-5-6-14;2*17-11-12-1-3-13(4-2-12)15-7-9-16(10-8-15)14-5-6-14;8-7-3-1-6(5-9)2-4-7;1-2-7(1)9-5-3-8-4-6-9;2-1-4-3;;1-4(2)3;;;;;/h1-4,14H,5-11H2;1-4,14,17H,5-11H2;1-4,11,14H,5-10H2;1-5H;7-8H,1-6H2;1,3H;;;;;;;/q;;;;;;;;3*+1;2*-1/p-1. The maximum atomic E-state index is 12.1. The van der Waals surface area contributed by atoms with Gasteiger partial charge in [0.05, 0.1) is 6.61 Å². The van der Waals surface area contributed by atoms with Gasteiger partial charge >= 0.3 is 132 Å². The van der Waals surface area contributed by atoms with Crippen LogP contribution in [0, 0.1) is 5.82 Å². The molecule has 4 saturated heterocycles. The zero-order valence-electron chi connectivity index (χ0n) is 49.7. The van der Waals surface area contributed by atoms with Gasteiger partial charge in [-0.25, -0.2) is 8.60 Å². The van der Waals surface area contributed by atoms with Crippen molar-refractivity contribution < 1.29 is 173 Å². The van der Waals surface area contributed by atoms with E-state index in [2.05, 4.69) is 114 Å². The van der Waals surface area contributed by atoms with Gasteiger partial charge in [-0.3, -0.25) is 34.0 Å². The first kappa shape index (κ1) is 77.2. The van der Waals surface area contributed by atoms with Crippen LogP contribution in [0.25, 0.3) is 0 Å². The molecule has 0 spiro atoms. The number of hydrogen-bond donors (Lipinski definition) is 2. The van der Waals surface area contributed by atoms with Crippen molar-refractivity contribution in [2.75, 3.05) is 119 Å². The third-order valence-corrected chi connectivity index (χ3v) is 15.0. The van der Waals surface area contributed by atoms with Gasteiger partial charge in [-0.15, -0.1) is 11.6 Å². The number of alkyl halides is 1. The van der Waals surface area contributed by atoms with Crippen LogP contribution in [0.5, 0.6) is 0 Å². The van der Waals surface area contributed by atoms with E-state index in [4.69, 9.17) is 31.0 Å². The first-order valence-corrected chi connectivity index (χ1v) is 30.4. The smallest absolute Gasteiger partial charge is 1.00 e. The number of rotatable bonds is 12. The number of benzene rings is 4. The molecule has 4 saturated carbocycles. The average Bonchev–Trinajstić information content (AvgIpc) is 4.26. The van der Waals surface area contributed by atoms with Gasteiger partial charge in [0.15, 0.2) is 0 Å². The first-order valence-electron chi connectivity index (χ1n) is 27.0. The number of halogens is 4. The van der Waals surface area contributed by atoms with E-state index < -0.39 is 9.23 Å². The molecule has 4 aliphatic carbocycles. The van der Waals surface area contributed by atoms with Crippen molar-refractivity contribution in [3.8, 4) is 0 Å². The van der Waals surface area contributed by atoms with E-state index in [-0.39, 0.29) is 162 Å². The maximum absolute atomic E-state index is 12.1. The molecule has 0 aromatic heterocycles. The molecule has 8 aliphatic rings. The number of piperazine rings is 4. The van der Waals surface area contributed by atoms with Crippen molar-refractivity contribution in [2.45, 2.75) is 88.0 Å². The molecule has 4 aliphatic heterocycles. The topological polar surface area (TPSA) is 156 Å². The summed E-state index contributed by atoms with van der Waals surface area (Å²) in [5, 5.41) is 20.8. The summed E-state index contributed by atoms with van der Waals surface area (Å²) < 4.78 is 21.2. The first-order chi connectivity index (χ1) is 37.5. The quantitative estimate of drug-likeness (QED) is 0.0401. The summed E-state index contributed by atoms with van der Waals surface area (Å²) in [7, 11) is 7.36. The number of aldehydes is 2.